The molecule has 2 fully saturated rings. The molecule has 0 N–H and O–H groups in total. The van der Waals surface area contributed by atoms with Gasteiger partial charge < -0.3 is 4.74 Å². The van der Waals surface area contributed by atoms with Gasteiger partial charge in [0, 0.05) is 6.61 Å². The summed E-state index contributed by atoms with van der Waals surface area (Å²) in [5, 5.41) is 0. The Morgan fingerprint density at radius 3 is 1.53 bits per heavy atom. The van der Waals surface area contributed by atoms with E-state index in [0.717, 1.165) is 24.4 Å². The molecule has 30 heavy (non-hydrogen) atoms. The molecule has 0 bridgehead atoms. The summed E-state index contributed by atoms with van der Waals surface area (Å²) in [5.74, 6) is 3.14. The molecule has 0 radical (unpaired) electrons. The molecule has 1 nitrogen and oxygen atoms in total. The van der Waals surface area contributed by atoms with E-state index in [0.29, 0.717) is 6.10 Å². The average molecular weight is 421 g/mol. The Balaban J connectivity index is 1.43. The molecule has 0 heterocycles. The number of hydrogen-bond donors (Lipinski definition) is 0. The topological polar surface area (TPSA) is 9.23 Å². The van der Waals surface area contributed by atoms with Gasteiger partial charge >= 0.3 is 0 Å². The highest BCUT2D eigenvalue weighted by Crippen LogP contribution is 2.41. The van der Waals surface area contributed by atoms with Gasteiger partial charge in [-0.25, -0.2) is 0 Å². The monoisotopic (exact) mass is 420 g/mol. The lowest BCUT2D eigenvalue weighted by Crippen LogP contribution is -2.28. The lowest BCUT2D eigenvalue weighted by Gasteiger charge is -2.38. The first-order chi connectivity index (χ1) is 14.8. The van der Waals surface area contributed by atoms with Crippen molar-refractivity contribution in [3.63, 3.8) is 0 Å². The lowest BCUT2D eigenvalue weighted by atomic mass is 9.70. The first-order valence-electron chi connectivity index (χ1n) is 14.4. The van der Waals surface area contributed by atoms with Crippen molar-refractivity contribution in [1.82, 2.24) is 0 Å². The van der Waals surface area contributed by atoms with Crippen LogP contribution in [-0.2, 0) is 4.74 Å². The molecule has 0 atom stereocenters. The van der Waals surface area contributed by atoms with Crippen molar-refractivity contribution in [3.8, 4) is 0 Å². The van der Waals surface area contributed by atoms with Crippen LogP contribution in [0.25, 0.3) is 0 Å². The van der Waals surface area contributed by atoms with E-state index in [9.17, 15) is 0 Å². The molecule has 1 heteroatoms. The maximum atomic E-state index is 6.24. The second kappa shape index (κ2) is 17.5. The number of unbranched alkanes of at least 4 members (excludes halogenated alkanes) is 11. The lowest BCUT2D eigenvalue weighted by molar-refractivity contribution is 0.00526. The van der Waals surface area contributed by atoms with Crippen LogP contribution < -0.4 is 0 Å². The molecule has 0 unspecified atom stereocenters. The second-order valence-electron chi connectivity index (χ2n) is 10.9. The first-order valence-corrected chi connectivity index (χ1v) is 14.4. The van der Waals surface area contributed by atoms with Crippen molar-refractivity contribution < 1.29 is 4.74 Å². The minimum atomic E-state index is 0.588. The maximum absolute atomic E-state index is 6.24. The zero-order valence-electron chi connectivity index (χ0n) is 21.0. The molecule has 2 aliphatic rings. The second-order valence-corrected chi connectivity index (χ2v) is 10.9. The van der Waals surface area contributed by atoms with Crippen LogP contribution in [0.5, 0.6) is 0 Å². The van der Waals surface area contributed by atoms with Gasteiger partial charge in [-0.15, -0.1) is 0 Å². The van der Waals surface area contributed by atoms with Gasteiger partial charge in [0.2, 0.25) is 0 Å². The molecule has 0 spiro atoms. The van der Waals surface area contributed by atoms with Crippen molar-refractivity contribution in [2.45, 2.75) is 161 Å². The fourth-order valence-corrected chi connectivity index (χ4v) is 6.20. The number of ether oxygens (including phenoxy) is 1. The molecule has 0 aromatic heterocycles. The molecule has 0 aromatic rings. The Labute approximate surface area is 190 Å². The van der Waals surface area contributed by atoms with Crippen LogP contribution in [0.3, 0.4) is 0 Å². The molecular formula is C29H56O. The van der Waals surface area contributed by atoms with Gasteiger partial charge in [0.05, 0.1) is 6.10 Å². The standard InChI is InChI=1S/C29H56O/c1-3-5-7-9-11-13-15-25-30-29-23-21-28(22-24-29)27-19-17-26(18-20-27)16-14-12-10-8-6-4-2/h26-29H,3-25H2,1-2H3. The fourth-order valence-electron chi connectivity index (χ4n) is 6.20. The maximum Gasteiger partial charge on any atom is 0.0575 e. The third-order valence-corrected chi connectivity index (χ3v) is 8.34. The van der Waals surface area contributed by atoms with E-state index in [1.54, 1.807) is 0 Å². The molecule has 178 valence electrons. The number of hydrogen-bond acceptors (Lipinski definition) is 1. The normalized spacial score (nSPS) is 27.4. The predicted molar refractivity (Wildman–Crippen MR) is 133 cm³/mol. The molecule has 2 aliphatic carbocycles. The Bertz CT molecular complexity index is 363. The summed E-state index contributed by atoms with van der Waals surface area (Å²) >= 11 is 0. The quantitative estimate of drug-likeness (QED) is 0.213. The number of rotatable bonds is 17. The Morgan fingerprint density at radius 2 is 0.967 bits per heavy atom. The van der Waals surface area contributed by atoms with Crippen molar-refractivity contribution >= 4 is 0 Å². The van der Waals surface area contributed by atoms with Crippen molar-refractivity contribution in [2.24, 2.45) is 17.8 Å². The van der Waals surface area contributed by atoms with E-state index in [2.05, 4.69) is 13.8 Å². The van der Waals surface area contributed by atoms with Crippen LogP contribution in [0.1, 0.15) is 155 Å². The Kier molecular flexibility index (Phi) is 15.3. The van der Waals surface area contributed by atoms with E-state index in [-0.39, 0.29) is 0 Å². The minimum Gasteiger partial charge on any atom is -0.378 e. The van der Waals surface area contributed by atoms with E-state index < -0.39 is 0 Å². The van der Waals surface area contributed by atoms with E-state index in [1.807, 2.05) is 0 Å². The van der Waals surface area contributed by atoms with Gasteiger partial charge in [0.25, 0.3) is 0 Å². The first kappa shape index (κ1) is 26.2. The highest BCUT2D eigenvalue weighted by Gasteiger charge is 2.30. The molecule has 2 saturated carbocycles. The summed E-state index contributed by atoms with van der Waals surface area (Å²) in [6.07, 6.45) is 32.3. The van der Waals surface area contributed by atoms with Crippen LogP contribution in [0.4, 0.5) is 0 Å². The summed E-state index contributed by atoms with van der Waals surface area (Å²) < 4.78 is 6.24. The third-order valence-electron chi connectivity index (χ3n) is 8.34. The highest BCUT2D eigenvalue weighted by molar-refractivity contribution is 4.82. The zero-order chi connectivity index (χ0) is 21.3. The molecule has 0 amide bonds. The van der Waals surface area contributed by atoms with Crippen LogP contribution >= 0.6 is 0 Å². The SMILES string of the molecule is CCCCCCCCCOC1CCC(C2CCC(CCCCCCCC)CC2)CC1. The van der Waals surface area contributed by atoms with Crippen LogP contribution in [0, 0.1) is 17.8 Å². The smallest absolute Gasteiger partial charge is 0.0575 e. The summed E-state index contributed by atoms with van der Waals surface area (Å²) in [6, 6.07) is 0. The van der Waals surface area contributed by atoms with Crippen molar-refractivity contribution in [2.75, 3.05) is 6.61 Å². The summed E-state index contributed by atoms with van der Waals surface area (Å²) in [7, 11) is 0. The van der Waals surface area contributed by atoms with E-state index in [4.69, 9.17) is 4.74 Å². The average Bonchev–Trinajstić information content (AvgIpc) is 2.79. The molecule has 0 saturated heterocycles. The summed E-state index contributed by atoms with van der Waals surface area (Å²) in [6.45, 7) is 5.63. The van der Waals surface area contributed by atoms with E-state index in [1.165, 1.54) is 141 Å². The molecule has 0 aromatic carbocycles. The molecular weight excluding hydrogens is 364 g/mol. The molecule has 2 rings (SSSR count). The van der Waals surface area contributed by atoms with Crippen LogP contribution in [-0.4, -0.2) is 12.7 Å². The third kappa shape index (κ3) is 11.5. The van der Waals surface area contributed by atoms with E-state index >= 15 is 0 Å². The van der Waals surface area contributed by atoms with Gasteiger partial charge in [0.1, 0.15) is 0 Å². The zero-order valence-corrected chi connectivity index (χ0v) is 21.0. The minimum absolute atomic E-state index is 0.588. The van der Waals surface area contributed by atoms with Gasteiger partial charge in [-0.3, -0.25) is 0 Å². The van der Waals surface area contributed by atoms with Gasteiger partial charge in [-0.1, -0.05) is 110 Å². The van der Waals surface area contributed by atoms with Crippen LogP contribution in [0.2, 0.25) is 0 Å². The Hall–Kier alpha value is -0.0400. The Morgan fingerprint density at radius 1 is 0.500 bits per heavy atom. The summed E-state index contributed by atoms with van der Waals surface area (Å²) in [4.78, 5) is 0. The highest BCUT2D eigenvalue weighted by atomic mass is 16.5. The largest absolute Gasteiger partial charge is 0.378 e. The van der Waals surface area contributed by atoms with Gasteiger partial charge in [-0.2, -0.15) is 0 Å². The van der Waals surface area contributed by atoms with Gasteiger partial charge in [0.15, 0.2) is 0 Å². The molecule has 0 aliphatic heterocycles. The summed E-state index contributed by atoms with van der Waals surface area (Å²) in [5.41, 5.74) is 0. The van der Waals surface area contributed by atoms with Crippen molar-refractivity contribution in [1.29, 1.82) is 0 Å². The van der Waals surface area contributed by atoms with Crippen LogP contribution in [0.15, 0.2) is 0 Å². The fraction of sp³-hybridized carbons (Fsp3) is 1.00. The van der Waals surface area contributed by atoms with Gasteiger partial charge in [-0.05, 0) is 62.7 Å². The predicted octanol–water partition coefficient (Wildman–Crippen LogP) is 9.87. The van der Waals surface area contributed by atoms with Crippen molar-refractivity contribution in [3.05, 3.63) is 0 Å².